The van der Waals surface area contributed by atoms with Crippen LogP contribution in [0.5, 0.6) is 11.5 Å². The maximum atomic E-state index is 11.6. The number of aromatic nitrogens is 3. The number of nitrogens with zero attached hydrogens (tertiary/aromatic N) is 4. The lowest BCUT2D eigenvalue weighted by atomic mass is 10.1. The van der Waals surface area contributed by atoms with Gasteiger partial charge < -0.3 is 14.7 Å². The molecule has 168 valence electrons. The molecule has 8 nitrogen and oxygen atoms in total. The normalized spacial score (nSPS) is 14.5. The lowest BCUT2D eigenvalue weighted by Gasteiger charge is -2.34. The van der Waals surface area contributed by atoms with Gasteiger partial charge in [0.25, 0.3) is 0 Å². The highest BCUT2D eigenvalue weighted by atomic mass is 16.5. The third-order valence-electron chi connectivity index (χ3n) is 5.87. The van der Waals surface area contributed by atoms with Crippen LogP contribution in [0.1, 0.15) is 5.69 Å². The molecule has 8 heteroatoms. The van der Waals surface area contributed by atoms with E-state index in [9.17, 15) is 4.79 Å². The van der Waals surface area contributed by atoms with E-state index in [2.05, 4.69) is 21.2 Å². The third kappa shape index (κ3) is 4.87. The Morgan fingerprint density at radius 1 is 0.970 bits per heavy atom. The molecule has 0 bridgehead atoms. The largest absolute Gasteiger partial charge is 0.457 e. The van der Waals surface area contributed by atoms with Gasteiger partial charge in [0.05, 0.1) is 16.9 Å². The van der Waals surface area contributed by atoms with Gasteiger partial charge in [0.2, 0.25) is 5.91 Å². The van der Waals surface area contributed by atoms with Gasteiger partial charge in [0, 0.05) is 44.3 Å². The van der Waals surface area contributed by atoms with Crippen LogP contribution in [0.25, 0.3) is 22.2 Å². The summed E-state index contributed by atoms with van der Waals surface area (Å²) in [6.45, 7) is 3.13. The number of nitrogens with one attached hydrogen (secondary N) is 1. The van der Waals surface area contributed by atoms with Crippen LogP contribution in [-0.2, 0) is 11.3 Å². The lowest BCUT2D eigenvalue weighted by Crippen LogP contribution is -2.49. The zero-order valence-corrected chi connectivity index (χ0v) is 18.1. The average molecular weight is 444 g/mol. The van der Waals surface area contributed by atoms with Gasteiger partial charge in [-0.3, -0.25) is 19.8 Å². The molecule has 1 fully saturated rings. The SMILES string of the molecule is O=C(CO)N1CCN(Cc2ccc3cc(Oc4ccc(-c5ccn[nH]5)cc4)ccc3n2)CC1. The highest BCUT2D eigenvalue weighted by molar-refractivity contribution is 5.80. The summed E-state index contributed by atoms with van der Waals surface area (Å²) in [7, 11) is 0. The summed E-state index contributed by atoms with van der Waals surface area (Å²) >= 11 is 0. The third-order valence-corrected chi connectivity index (χ3v) is 5.87. The predicted octanol–water partition coefficient (Wildman–Crippen LogP) is 3.05. The standard InChI is InChI=1S/C25H25N5O3/c31-17-25(32)30-13-11-29(12-14-30)16-20-4-1-19-15-22(7-8-23(19)27-20)33-21-5-2-18(3-6-21)24-9-10-26-28-24/h1-10,15,31H,11-14,16-17H2,(H,26,28). The topological polar surface area (TPSA) is 94.6 Å². The molecule has 0 atom stereocenters. The zero-order valence-electron chi connectivity index (χ0n) is 18.1. The number of ether oxygens (including phenoxy) is 1. The Balaban J connectivity index is 1.22. The second-order valence-electron chi connectivity index (χ2n) is 8.07. The van der Waals surface area contributed by atoms with Crippen molar-refractivity contribution in [1.29, 1.82) is 0 Å². The number of benzene rings is 2. The van der Waals surface area contributed by atoms with E-state index >= 15 is 0 Å². The van der Waals surface area contributed by atoms with E-state index in [-0.39, 0.29) is 5.91 Å². The molecule has 5 rings (SSSR count). The molecule has 0 spiro atoms. The minimum absolute atomic E-state index is 0.203. The summed E-state index contributed by atoms with van der Waals surface area (Å²) in [4.78, 5) is 20.4. The summed E-state index contributed by atoms with van der Waals surface area (Å²) in [6.07, 6.45) is 1.73. The van der Waals surface area contributed by atoms with E-state index in [0.717, 1.165) is 59.0 Å². The van der Waals surface area contributed by atoms with Gasteiger partial charge in [-0.2, -0.15) is 5.10 Å². The van der Waals surface area contributed by atoms with Crippen LogP contribution in [0, 0.1) is 0 Å². The monoisotopic (exact) mass is 443 g/mol. The number of hydrogen-bond donors (Lipinski definition) is 2. The Labute approximate surface area is 191 Å². The van der Waals surface area contributed by atoms with Gasteiger partial charge in [-0.15, -0.1) is 0 Å². The van der Waals surface area contributed by atoms with Crippen molar-refractivity contribution in [2.45, 2.75) is 6.54 Å². The second-order valence-corrected chi connectivity index (χ2v) is 8.07. The first kappa shape index (κ1) is 21.1. The van der Waals surface area contributed by atoms with Crippen LogP contribution in [0.2, 0.25) is 0 Å². The minimum atomic E-state index is -0.422. The molecular formula is C25H25N5O3. The summed E-state index contributed by atoms with van der Waals surface area (Å²) in [6, 6.07) is 19.8. The fourth-order valence-corrected chi connectivity index (χ4v) is 4.04. The molecule has 1 aliphatic rings. The Kier molecular flexibility index (Phi) is 6.01. The molecule has 2 aromatic carbocycles. The minimum Gasteiger partial charge on any atom is -0.457 e. The molecular weight excluding hydrogens is 418 g/mol. The molecule has 0 aliphatic carbocycles. The molecule has 2 N–H and O–H groups in total. The Bertz CT molecular complexity index is 1230. The van der Waals surface area contributed by atoms with Crippen molar-refractivity contribution in [2.75, 3.05) is 32.8 Å². The molecule has 4 aromatic rings. The van der Waals surface area contributed by atoms with Crippen molar-refractivity contribution in [1.82, 2.24) is 25.0 Å². The average Bonchev–Trinajstić information content (AvgIpc) is 3.40. The summed E-state index contributed by atoms with van der Waals surface area (Å²) < 4.78 is 6.04. The van der Waals surface area contributed by atoms with Crippen LogP contribution >= 0.6 is 0 Å². The molecule has 2 aromatic heterocycles. The van der Waals surface area contributed by atoms with Crippen molar-refractivity contribution < 1.29 is 14.6 Å². The Morgan fingerprint density at radius 3 is 2.48 bits per heavy atom. The van der Waals surface area contributed by atoms with Gasteiger partial charge in [-0.1, -0.05) is 6.07 Å². The van der Waals surface area contributed by atoms with Crippen LogP contribution in [0.4, 0.5) is 0 Å². The molecule has 3 heterocycles. The van der Waals surface area contributed by atoms with Gasteiger partial charge in [-0.25, -0.2) is 0 Å². The van der Waals surface area contributed by atoms with Crippen LogP contribution in [0.15, 0.2) is 66.9 Å². The van der Waals surface area contributed by atoms with Crippen molar-refractivity contribution in [3.05, 3.63) is 72.6 Å². The number of hydrogen-bond acceptors (Lipinski definition) is 6. The number of aliphatic hydroxyl groups excluding tert-OH is 1. The highest BCUT2D eigenvalue weighted by Gasteiger charge is 2.20. The van der Waals surface area contributed by atoms with Crippen LogP contribution < -0.4 is 4.74 Å². The summed E-state index contributed by atoms with van der Waals surface area (Å²) in [5.74, 6) is 1.32. The first-order valence-electron chi connectivity index (χ1n) is 11.0. The predicted molar refractivity (Wildman–Crippen MR) is 125 cm³/mol. The zero-order chi connectivity index (χ0) is 22.6. The fraction of sp³-hybridized carbons (Fsp3) is 0.240. The van der Waals surface area contributed by atoms with E-state index in [1.165, 1.54) is 0 Å². The first-order chi connectivity index (χ1) is 16.2. The number of H-pyrrole nitrogens is 1. The van der Waals surface area contributed by atoms with Gasteiger partial charge in [0.15, 0.2) is 0 Å². The van der Waals surface area contributed by atoms with Crippen LogP contribution in [-0.4, -0.2) is 68.8 Å². The molecule has 1 amide bonds. The second kappa shape index (κ2) is 9.40. The van der Waals surface area contributed by atoms with Crippen molar-refractivity contribution in [3.63, 3.8) is 0 Å². The van der Waals surface area contributed by atoms with E-state index in [1.54, 1.807) is 11.1 Å². The number of pyridine rings is 1. The number of carbonyl (C=O) groups is 1. The number of rotatable bonds is 6. The van der Waals surface area contributed by atoms with Gasteiger partial charge in [-0.05, 0) is 60.2 Å². The van der Waals surface area contributed by atoms with E-state index in [1.807, 2.05) is 54.6 Å². The summed E-state index contributed by atoms with van der Waals surface area (Å²) in [5, 5.41) is 17.0. The van der Waals surface area contributed by atoms with Crippen molar-refractivity contribution in [2.24, 2.45) is 0 Å². The number of aliphatic hydroxyl groups is 1. The highest BCUT2D eigenvalue weighted by Crippen LogP contribution is 2.27. The first-order valence-corrected chi connectivity index (χ1v) is 11.0. The molecule has 0 radical (unpaired) electrons. The number of piperazine rings is 1. The smallest absolute Gasteiger partial charge is 0.248 e. The number of carbonyl (C=O) groups excluding carboxylic acids is 1. The van der Waals surface area contributed by atoms with Crippen molar-refractivity contribution >= 4 is 16.8 Å². The van der Waals surface area contributed by atoms with E-state index in [4.69, 9.17) is 14.8 Å². The lowest BCUT2D eigenvalue weighted by molar-refractivity contribution is -0.136. The van der Waals surface area contributed by atoms with Crippen molar-refractivity contribution in [3.8, 4) is 22.8 Å². The number of fused-ring (bicyclic) bond motifs is 1. The van der Waals surface area contributed by atoms with Crippen LogP contribution in [0.3, 0.4) is 0 Å². The molecule has 1 aliphatic heterocycles. The van der Waals surface area contributed by atoms with E-state index in [0.29, 0.717) is 13.1 Å². The van der Waals surface area contributed by atoms with Gasteiger partial charge >= 0.3 is 0 Å². The molecule has 0 unspecified atom stereocenters. The van der Waals surface area contributed by atoms with Gasteiger partial charge in [0.1, 0.15) is 18.1 Å². The molecule has 1 saturated heterocycles. The fourth-order valence-electron chi connectivity index (χ4n) is 4.04. The number of aromatic amines is 1. The maximum absolute atomic E-state index is 11.6. The quantitative estimate of drug-likeness (QED) is 0.476. The Morgan fingerprint density at radius 2 is 1.76 bits per heavy atom. The Hall–Kier alpha value is -3.75. The maximum Gasteiger partial charge on any atom is 0.248 e. The van der Waals surface area contributed by atoms with E-state index < -0.39 is 6.61 Å². The number of amides is 1. The summed E-state index contributed by atoms with van der Waals surface area (Å²) in [5.41, 5.74) is 3.93. The molecule has 0 saturated carbocycles. The molecule has 33 heavy (non-hydrogen) atoms.